The van der Waals surface area contributed by atoms with Crippen LogP contribution < -0.4 is 5.32 Å². The summed E-state index contributed by atoms with van der Waals surface area (Å²) in [4.78, 5) is 0. The van der Waals surface area contributed by atoms with E-state index >= 15 is 0 Å². The lowest BCUT2D eigenvalue weighted by Gasteiger charge is -2.15. The zero-order valence-electron chi connectivity index (χ0n) is 7.93. The van der Waals surface area contributed by atoms with E-state index in [4.69, 9.17) is 5.11 Å². The Bertz CT molecular complexity index is 83.6. The van der Waals surface area contributed by atoms with Crippen molar-refractivity contribution in [1.82, 2.24) is 5.32 Å². The molecule has 2 N–H and O–H groups in total. The third kappa shape index (κ3) is 7.82. The molecule has 1 atom stereocenters. The van der Waals surface area contributed by atoms with Crippen LogP contribution in [-0.2, 0) is 0 Å². The molecule has 0 heterocycles. The maximum absolute atomic E-state index is 8.54. The van der Waals surface area contributed by atoms with Gasteiger partial charge in [-0.25, -0.2) is 0 Å². The van der Waals surface area contributed by atoms with Gasteiger partial charge in [-0.1, -0.05) is 13.8 Å². The van der Waals surface area contributed by atoms with E-state index in [0.29, 0.717) is 18.7 Å². The van der Waals surface area contributed by atoms with Crippen LogP contribution in [0.5, 0.6) is 0 Å². The molecular weight excluding hydrogens is 138 g/mol. The van der Waals surface area contributed by atoms with E-state index < -0.39 is 0 Å². The Morgan fingerprint density at radius 2 is 1.82 bits per heavy atom. The van der Waals surface area contributed by atoms with Gasteiger partial charge in [0.15, 0.2) is 0 Å². The first kappa shape index (κ1) is 10.9. The van der Waals surface area contributed by atoms with E-state index in [-0.39, 0.29) is 0 Å². The minimum atomic E-state index is 0.328. The number of nitrogens with one attached hydrogen (secondary N) is 1. The molecule has 0 amide bonds. The second-order valence-electron chi connectivity index (χ2n) is 3.44. The molecule has 0 bridgehead atoms. The zero-order valence-corrected chi connectivity index (χ0v) is 7.93. The topological polar surface area (TPSA) is 32.3 Å². The molecule has 1 unspecified atom stereocenters. The first-order valence-corrected chi connectivity index (χ1v) is 4.53. The summed E-state index contributed by atoms with van der Waals surface area (Å²) < 4.78 is 0. The van der Waals surface area contributed by atoms with Crippen molar-refractivity contribution in [2.45, 2.75) is 52.1 Å². The second kappa shape index (κ2) is 6.62. The predicted molar refractivity (Wildman–Crippen MR) is 48.7 cm³/mol. The molecule has 0 aliphatic carbocycles. The first-order valence-electron chi connectivity index (χ1n) is 4.53. The summed E-state index contributed by atoms with van der Waals surface area (Å²) in [6.07, 6.45) is 3.22. The largest absolute Gasteiger partial charge is 0.396 e. The molecule has 0 aliphatic rings. The number of hydrogen-bond donors (Lipinski definition) is 2. The van der Waals surface area contributed by atoms with Gasteiger partial charge < -0.3 is 10.4 Å². The summed E-state index contributed by atoms with van der Waals surface area (Å²) in [5.41, 5.74) is 0. The molecule has 0 fully saturated rings. The lowest BCUT2D eigenvalue weighted by molar-refractivity contribution is 0.279. The molecule has 0 aliphatic heterocycles. The van der Waals surface area contributed by atoms with Crippen molar-refractivity contribution in [3.8, 4) is 0 Å². The lowest BCUT2D eigenvalue weighted by atomic mass is 10.1. The maximum atomic E-state index is 8.54. The fourth-order valence-corrected chi connectivity index (χ4v) is 1.21. The van der Waals surface area contributed by atoms with E-state index in [0.717, 1.165) is 12.8 Å². The highest BCUT2D eigenvalue weighted by Crippen LogP contribution is 2.00. The lowest BCUT2D eigenvalue weighted by Crippen LogP contribution is -2.32. The molecule has 0 spiro atoms. The van der Waals surface area contributed by atoms with E-state index in [9.17, 15) is 0 Å². The SMILES string of the molecule is CC(C)NC(C)CCCCO. The summed E-state index contributed by atoms with van der Waals surface area (Å²) in [6, 6.07) is 1.15. The van der Waals surface area contributed by atoms with Gasteiger partial charge in [-0.15, -0.1) is 0 Å². The fourth-order valence-electron chi connectivity index (χ4n) is 1.21. The van der Waals surface area contributed by atoms with Gasteiger partial charge in [-0.2, -0.15) is 0 Å². The van der Waals surface area contributed by atoms with Gasteiger partial charge in [0.1, 0.15) is 0 Å². The van der Waals surface area contributed by atoms with E-state index in [1.165, 1.54) is 6.42 Å². The molecule has 68 valence electrons. The Labute approximate surface area is 70.0 Å². The van der Waals surface area contributed by atoms with Crippen LogP contribution in [-0.4, -0.2) is 23.8 Å². The maximum Gasteiger partial charge on any atom is 0.0431 e. The van der Waals surface area contributed by atoms with Crippen molar-refractivity contribution in [2.24, 2.45) is 0 Å². The molecule has 0 saturated heterocycles. The van der Waals surface area contributed by atoms with Gasteiger partial charge in [-0.3, -0.25) is 0 Å². The number of aliphatic hydroxyl groups is 1. The summed E-state index contributed by atoms with van der Waals surface area (Å²) in [6.45, 7) is 6.83. The van der Waals surface area contributed by atoms with Crippen molar-refractivity contribution in [3.05, 3.63) is 0 Å². The highest BCUT2D eigenvalue weighted by molar-refractivity contribution is 4.63. The Morgan fingerprint density at radius 3 is 2.27 bits per heavy atom. The van der Waals surface area contributed by atoms with Gasteiger partial charge in [0.25, 0.3) is 0 Å². The Morgan fingerprint density at radius 1 is 1.18 bits per heavy atom. The van der Waals surface area contributed by atoms with Crippen molar-refractivity contribution >= 4 is 0 Å². The van der Waals surface area contributed by atoms with Gasteiger partial charge >= 0.3 is 0 Å². The minimum Gasteiger partial charge on any atom is -0.396 e. The number of unbranched alkanes of at least 4 members (excludes halogenated alkanes) is 1. The molecule has 0 rings (SSSR count). The van der Waals surface area contributed by atoms with Crippen molar-refractivity contribution in [3.63, 3.8) is 0 Å². The van der Waals surface area contributed by atoms with Crippen molar-refractivity contribution in [2.75, 3.05) is 6.61 Å². The molecule has 0 aromatic heterocycles. The summed E-state index contributed by atoms with van der Waals surface area (Å²) in [7, 11) is 0. The molecule has 2 nitrogen and oxygen atoms in total. The van der Waals surface area contributed by atoms with Gasteiger partial charge in [0, 0.05) is 18.7 Å². The van der Waals surface area contributed by atoms with Gasteiger partial charge in [-0.05, 0) is 26.2 Å². The molecule has 0 saturated carbocycles. The van der Waals surface area contributed by atoms with Crippen molar-refractivity contribution in [1.29, 1.82) is 0 Å². The Hall–Kier alpha value is -0.0800. The second-order valence-corrected chi connectivity index (χ2v) is 3.44. The fraction of sp³-hybridized carbons (Fsp3) is 1.00. The average molecular weight is 159 g/mol. The van der Waals surface area contributed by atoms with Crippen LogP contribution in [0.1, 0.15) is 40.0 Å². The Balaban J connectivity index is 3.15. The first-order chi connectivity index (χ1) is 5.16. The van der Waals surface area contributed by atoms with E-state index in [1.54, 1.807) is 0 Å². The van der Waals surface area contributed by atoms with Gasteiger partial charge in [0.05, 0.1) is 0 Å². The van der Waals surface area contributed by atoms with Crippen LogP contribution in [0.25, 0.3) is 0 Å². The van der Waals surface area contributed by atoms with Crippen LogP contribution >= 0.6 is 0 Å². The number of hydrogen-bond acceptors (Lipinski definition) is 2. The van der Waals surface area contributed by atoms with Crippen LogP contribution in [0.4, 0.5) is 0 Å². The third-order valence-electron chi connectivity index (χ3n) is 1.66. The number of rotatable bonds is 6. The quantitative estimate of drug-likeness (QED) is 0.576. The molecule has 0 radical (unpaired) electrons. The van der Waals surface area contributed by atoms with Crippen LogP contribution in [0.15, 0.2) is 0 Å². The highest BCUT2D eigenvalue weighted by atomic mass is 16.2. The standard InChI is InChI=1S/C9H21NO/c1-8(2)10-9(3)6-4-5-7-11/h8-11H,4-7H2,1-3H3. The predicted octanol–water partition coefficient (Wildman–Crippen LogP) is 1.54. The minimum absolute atomic E-state index is 0.328. The van der Waals surface area contributed by atoms with Crippen LogP contribution in [0, 0.1) is 0 Å². The molecular formula is C9H21NO. The summed E-state index contributed by atoms with van der Waals surface area (Å²) in [5.74, 6) is 0. The molecule has 0 aromatic rings. The van der Waals surface area contributed by atoms with Crippen LogP contribution in [0.3, 0.4) is 0 Å². The summed E-state index contributed by atoms with van der Waals surface area (Å²) >= 11 is 0. The highest BCUT2D eigenvalue weighted by Gasteiger charge is 2.01. The normalized spacial score (nSPS) is 13.9. The molecule has 2 heteroatoms. The molecule has 11 heavy (non-hydrogen) atoms. The summed E-state index contributed by atoms with van der Waals surface area (Å²) in [5, 5.41) is 12.0. The third-order valence-corrected chi connectivity index (χ3v) is 1.66. The average Bonchev–Trinajstić information content (AvgIpc) is 1.86. The zero-order chi connectivity index (χ0) is 8.69. The van der Waals surface area contributed by atoms with E-state index in [1.807, 2.05) is 0 Å². The molecule has 0 aromatic carbocycles. The van der Waals surface area contributed by atoms with Crippen LogP contribution in [0.2, 0.25) is 0 Å². The van der Waals surface area contributed by atoms with E-state index in [2.05, 4.69) is 26.1 Å². The Kier molecular flexibility index (Phi) is 6.57. The monoisotopic (exact) mass is 159 g/mol. The van der Waals surface area contributed by atoms with Gasteiger partial charge in [0.2, 0.25) is 0 Å². The van der Waals surface area contributed by atoms with Crippen molar-refractivity contribution < 1.29 is 5.11 Å². The smallest absolute Gasteiger partial charge is 0.0431 e. The number of aliphatic hydroxyl groups excluding tert-OH is 1.